The molecule has 1 aromatic heterocycles. The summed E-state index contributed by atoms with van der Waals surface area (Å²) in [5, 5.41) is 14.4. The second-order valence-electron chi connectivity index (χ2n) is 5.62. The minimum absolute atomic E-state index is 0.333. The maximum atomic E-state index is 5.72. The first kappa shape index (κ1) is 14.5. The van der Waals surface area contributed by atoms with Gasteiger partial charge in [-0.05, 0) is 12.5 Å². The van der Waals surface area contributed by atoms with Gasteiger partial charge < -0.3 is 10.1 Å². The zero-order valence-electron chi connectivity index (χ0n) is 12.5. The van der Waals surface area contributed by atoms with Gasteiger partial charge in [0.1, 0.15) is 15.8 Å². The summed E-state index contributed by atoms with van der Waals surface area (Å²) < 4.78 is 5.72. The van der Waals surface area contributed by atoms with Crippen LogP contribution in [0.1, 0.15) is 41.8 Å². The molecule has 0 saturated heterocycles. The van der Waals surface area contributed by atoms with Gasteiger partial charge in [-0.25, -0.2) is 0 Å². The van der Waals surface area contributed by atoms with Crippen molar-refractivity contribution in [3.05, 3.63) is 39.8 Å². The van der Waals surface area contributed by atoms with E-state index < -0.39 is 0 Å². The van der Waals surface area contributed by atoms with Crippen LogP contribution in [-0.4, -0.2) is 29.4 Å². The van der Waals surface area contributed by atoms with Crippen LogP contribution in [0.4, 0.5) is 0 Å². The van der Waals surface area contributed by atoms with Crippen LogP contribution in [0.3, 0.4) is 0 Å². The summed E-state index contributed by atoms with van der Waals surface area (Å²) in [7, 11) is 0. The predicted molar refractivity (Wildman–Crippen MR) is 85.1 cm³/mol. The van der Waals surface area contributed by atoms with E-state index in [0.717, 1.165) is 41.8 Å². The first-order chi connectivity index (χ1) is 10.2. The van der Waals surface area contributed by atoms with E-state index in [0.29, 0.717) is 12.0 Å². The highest BCUT2D eigenvalue weighted by Crippen LogP contribution is 2.38. The van der Waals surface area contributed by atoms with E-state index in [1.165, 1.54) is 5.56 Å². The molecule has 1 unspecified atom stereocenters. The molecular weight excluding hydrogens is 282 g/mol. The number of ether oxygens (including phenoxy) is 1. The third kappa shape index (κ3) is 3.41. The lowest BCUT2D eigenvalue weighted by molar-refractivity contribution is 0.276. The minimum atomic E-state index is 0.333. The highest BCUT2D eigenvalue weighted by molar-refractivity contribution is 7.11. The van der Waals surface area contributed by atoms with Crippen molar-refractivity contribution in [3.8, 4) is 5.75 Å². The van der Waals surface area contributed by atoms with Crippen molar-refractivity contribution >= 4 is 11.3 Å². The Morgan fingerprint density at radius 2 is 2.19 bits per heavy atom. The SMILES string of the molecule is CC(C)NCCc1nnc(C2CCOc3ccccc32)s1. The number of fused-ring (bicyclic) bond motifs is 1. The fraction of sp³-hybridized carbons (Fsp3) is 0.500. The average molecular weight is 303 g/mol. The van der Waals surface area contributed by atoms with Gasteiger partial charge in [0, 0.05) is 30.5 Å². The summed E-state index contributed by atoms with van der Waals surface area (Å²) >= 11 is 1.74. The van der Waals surface area contributed by atoms with Crippen LogP contribution in [0, 0.1) is 0 Å². The molecule has 2 heterocycles. The van der Waals surface area contributed by atoms with Crippen molar-refractivity contribution in [1.29, 1.82) is 0 Å². The number of aromatic nitrogens is 2. The lowest BCUT2D eigenvalue weighted by Crippen LogP contribution is -2.24. The van der Waals surface area contributed by atoms with Crippen LogP contribution in [0.2, 0.25) is 0 Å². The number of rotatable bonds is 5. The molecule has 112 valence electrons. The molecule has 0 bridgehead atoms. The number of nitrogens with one attached hydrogen (secondary N) is 1. The van der Waals surface area contributed by atoms with Crippen molar-refractivity contribution in [2.45, 2.75) is 38.6 Å². The maximum absolute atomic E-state index is 5.72. The van der Waals surface area contributed by atoms with Crippen LogP contribution in [0.25, 0.3) is 0 Å². The first-order valence-electron chi connectivity index (χ1n) is 7.51. The summed E-state index contributed by atoms with van der Waals surface area (Å²) in [4.78, 5) is 0. The number of hydrogen-bond acceptors (Lipinski definition) is 5. The summed E-state index contributed by atoms with van der Waals surface area (Å²) in [5.74, 6) is 1.33. The van der Waals surface area contributed by atoms with Crippen molar-refractivity contribution < 1.29 is 4.74 Å². The lowest BCUT2D eigenvalue weighted by atomic mass is 9.94. The van der Waals surface area contributed by atoms with Crippen molar-refractivity contribution in [2.24, 2.45) is 0 Å². The molecule has 0 aliphatic carbocycles. The first-order valence-corrected chi connectivity index (χ1v) is 8.33. The highest BCUT2D eigenvalue weighted by Gasteiger charge is 2.25. The molecule has 1 aromatic carbocycles. The number of para-hydroxylation sites is 1. The van der Waals surface area contributed by atoms with E-state index in [2.05, 4.69) is 41.5 Å². The monoisotopic (exact) mass is 303 g/mol. The van der Waals surface area contributed by atoms with Gasteiger partial charge in [0.15, 0.2) is 0 Å². The quantitative estimate of drug-likeness (QED) is 0.922. The fourth-order valence-electron chi connectivity index (χ4n) is 2.57. The number of benzene rings is 1. The molecule has 21 heavy (non-hydrogen) atoms. The molecule has 5 heteroatoms. The van der Waals surface area contributed by atoms with Gasteiger partial charge >= 0.3 is 0 Å². The van der Waals surface area contributed by atoms with Gasteiger partial charge in [0.2, 0.25) is 0 Å². The van der Waals surface area contributed by atoms with E-state index in [9.17, 15) is 0 Å². The Hall–Kier alpha value is -1.46. The third-order valence-corrected chi connectivity index (χ3v) is 4.73. The molecule has 1 N–H and O–H groups in total. The minimum Gasteiger partial charge on any atom is -0.493 e. The van der Waals surface area contributed by atoms with Crippen LogP contribution in [-0.2, 0) is 6.42 Å². The van der Waals surface area contributed by atoms with E-state index in [4.69, 9.17) is 4.74 Å². The molecule has 1 aliphatic rings. The molecule has 1 aliphatic heterocycles. The molecule has 0 fully saturated rings. The fourth-order valence-corrected chi connectivity index (χ4v) is 3.57. The van der Waals surface area contributed by atoms with E-state index in [1.807, 2.05) is 12.1 Å². The highest BCUT2D eigenvalue weighted by atomic mass is 32.1. The summed E-state index contributed by atoms with van der Waals surface area (Å²) in [6, 6.07) is 8.77. The molecule has 2 aromatic rings. The largest absolute Gasteiger partial charge is 0.493 e. The Bertz CT molecular complexity index is 597. The zero-order valence-corrected chi connectivity index (χ0v) is 13.3. The lowest BCUT2D eigenvalue weighted by Gasteiger charge is -2.23. The van der Waals surface area contributed by atoms with Crippen molar-refractivity contribution in [3.63, 3.8) is 0 Å². The van der Waals surface area contributed by atoms with Crippen molar-refractivity contribution in [1.82, 2.24) is 15.5 Å². The van der Waals surface area contributed by atoms with Gasteiger partial charge in [0.25, 0.3) is 0 Å². The zero-order chi connectivity index (χ0) is 14.7. The summed E-state index contributed by atoms with van der Waals surface area (Å²) in [5.41, 5.74) is 1.24. The van der Waals surface area contributed by atoms with E-state index >= 15 is 0 Å². The van der Waals surface area contributed by atoms with Gasteiger partial charge in [0.05, 0.1) is 6.61 Å². The van der Waals surface area contributed by atoms with Gasteiger partial charge in [-0.2, -0.15) is 0 Å². The average Bonchev–Trinajstić information content (AvgIpc) is 2.95. The van der Waals surface area contributed by atoms with Gasteiger partial charge in [-0.1, -0.05) is 32.0 Å². The normalized spacial score (nSPS) is 17.6. The van der Waals surface area contributed by atoms with Crippen LogP contribution in [0.5, 0.6) is 5.75 Å². The summed E-state index contributed by atoms with van der Waals surface area (Å²) in [6.07, 6.45) is 1.93. The smallest absolute Gasteiger partial charge is 0.125 e. The van der Waals surface area contributed by atoms with Gasteiger partial charge in [-0.3, -0.25) is 0 Å². The van der Waals surface area contributed by atoms with E-state index in [1.54, 1.807) is 11.3 Å². The third-order valence-electron chi connectivity index (χ3n) is 3.63. The topological polar surface area (TPSA) is 47.0 Å². The number of nitrogens with zero attached hydrogens (tertiary/aromatic N) is 2. The predicted octanol–water partition coefficient (Wildman–Crippen LogP) is 2.99. The molecular formula is C16H21N3OS. The molecule has 1 atom stereocenters. The Kier molecular flexibility index (Phi) is 4.51. The molecule has 4 nitrogen and oxygen atoms in total. The Balaban J connectivity index is 1.72. The molecule has 0 spiro atoms. The molecule has 0 amide bonds. The van der Waals surface area contributed by atoms with Gasteiger partial charge in [-0.15, -0.1) is 21.5 Å². The number of hydrogen-bond donors (Lipinski definition) is 1. The van der Waals surface area contributed by atoms with Crippen LogP contribution in [0.15, 0.2) is 24.3 Å². The maximum Gasteiger partial charge on any atom is 0.125 e. The summed E-state index contributed by atoms with van der Waals surface area (Å²) in [6.45, 7) is 6.02. The van der Waals surface area contributed by atoms with Crippen LogP contribution < -0.4 is 10.1 Å². The van der Waals surface area contributed by atoms with E-state index in [-0.39, 0.29) is 0 Å². The van der Waals surface area contributed by atoms with Crippen molar-refractivity contribution in [2.75, 3.05) is 13.2 Å². The Morgan fingerprint density at radius 1 is 1.33 bits per heavy atom. The second-order valence-corrected chi connectivity index (χ2v) is 6.71. The Morgan fingerprint density at radius 3 is 3.05 bits per heavy atom. The standard InChI is InChI=1S/C16H21N3OS/c1-11(2)17-9-7-15-18-19-16(21-15)13-8-10-20-14-6-4-3-5-12(13)14/h3-6,11,13,17H,7-10H2,1-2H3. The van der Waals surface area contributed by atoms with Crippen LogP contribution >= 0.6 is 11.3 Å². The molecule has 3 rings (SSSR count). The Labute approximate surface area is 129 Å². The molecule has 0 saturated carbocycles. The molecule has 0 radical (unpaired) electrons. The second kappa shape index (κ2) is 6.54.